The molecule has 16 heavy (non-hydrogen) atoms. The molecule has 0 heterocycles. The second-order valence-corrected chi connectivity index (χ2v) is 4.07. The predicted molar refractivity (Wildman–Crippen MR) is 63.1 cm³/mol. The van der Waals surface area contributed by atoms with E-state index < -0.39 is 0 Å². The van der Waals surface area contributed by atoms with E-state index in [9.17, 15) is 4.79 Å². The SMILES string of the molecule is COCCOCCNC(=O)CC(N)C(C)C. The number of ether oxygens (including phenoxy) is 2. The molecule has 5 heteroatoms. The van der Waals surface area contributed by atoms with Crippen molar-refractivity contribution in [2.75, 3.05) is 33.5 Å². The third-order valence-electron chi connectivity index (χ3n) is 2.28. The van der Waals surface area contributed by atoms with Crippen LogP contribution in [0.2, 0.25) is 0 Å². The highest BCUT2D eigenvalue weighted by molar-refractivity contribution is 5.76. The number of hydrogen-bond acceptors (Lipinski definition) is 4. The molecule has 0 bridgehead atoms. The molecule has 5 nitrogen and oxygen atoms in total. The van der Waals surface area contributed by atoms with Crippen molar-refractivity contribution in [2.24, 2.45) is 11.7 Å². The summed E-state index contributed by atoms with van der Waals surface area (Å²) in [6.07, 6.45) is 0.371. The Kier molecular flexibility index (Phi) is 9.18. The maximum absolute atomic E-state index is 11.4. The van der Waals surface area contributed by atoms with Gasteiger partial charge in [-0.15, -0.1) is 0 Å². The first kappa shape index (κ1) is 15.3. The third-order valence-corrected chi connectivity index (χ3v) is 2.28. The van der Waals surface area contributed by atoms with Crippen LogP contribution in [-0.4, -0.2) is 45.4 Å². The summed E-state index contributed by atoms with van der Waals surface area (Å²) in [6.45, 7) is 6.17. The number of nitrogens with one attached hydrogen (secondary N) is 1. The van der Waals surface area contributed by atoms with Crippen molar-refractivity contribution in [3.63, 3.8) is 0 Å². The Labute approximate surface area is 97.7 Å². The van der Waals surface area contributed by atoms with Gasteiger partial charge in [0, 0.05) is 26.1 Å². The van der Waals surface area contributed by atoms with Crippen LogP contribution in [0.15, 0.2) is 0 Å². The summed E-state index contributed by atoms with van der Waals surface area (Å²) in [5.74, 6) is 0.306. The van der Waals surface area contributed by atoms with E-state index in [0.717, 1.165) is 0 Å². The summed E-state index contributed by atoms with van der Waals surface area (Å²) < 4.78 is 10.0. The number of methoxy groups -OCH3 is 1. The molecule has 0 aromatic carbocycles. The van der Waals surface area contributed by atoms with Crippen LogP contribution in [0.1, 0.15) is 20.3 Å². The fraction of sp³-hybridized carbons (Fsp3) is 0.909. The Hall–Kier alpha value is -0.650. The smallest absolute Gasteiger partial charge is 0.221 e. The first-order valence-corrected chi connectivity index (χ1v) is 5.67. The standard InChI is InChI=1S/C11H24N2O3/c1-9(2)10(12)8-11(14)13-4-5-16-7-6-15-3/h9-10H,4-8,12H2,1-3H3,(H,13,14). The van der Waals surface area contributed by atoms with Crippen LogP contribution in [0.3, 0.4) is 0 Å². The number of nitrogens with two attached hydrogens (primary N) is 1. The maximum atomic E-state index is 11.4. The second kappa shape index (κ2) is 9.57. The first-order valence-electron chi connectivity index (χ1n) is 5.67. The van der Waals surface area contributed by atoms with Crippen molar-refractivity contribution in [1.29, 1.82) is 0 Å². The van der Waals surface area contributed by atoms with Gasteiger partial charge in [0.25, 0.3) is 0 Å². The summed E-state index contributed by atoms with van der Waals surface area (Å²) in [6, 6.07) is -0.0746. The Morgan fingerprint density at radius 1 is 1.31 bits per heavy atom. The molecule has 0 spiro atoms. The van der Waals surface area contributed by atoms with E-state index in [1.807, 2.05) is 13.8 Å². The zero-order valence-electron chi connectivity index (χ0n) is 10.5. The molecule has 0 saturated heterocycles. The number of carbonyl (C=O) groups is 1. The molecule has 0 aliphatic heterocycles. The van der Waals surface area contributed by atoms with Gasteiger partial charge in [-0.3, -0.25) is 4.79 Å². The van der Waals surface area contributed by atoms with Crippen molar-refractivity contribution >= 4 is 5.91 Å². The number of carbonyl (C=O) groups excluding carboxylic acids is 1. The monoisotopic (exact) mass is 232 g/mol. The van der Waals surface area contributed by atoms with Gasteiger partial charge in [-0.1, -0.05) is 13.8 Å². The minimum Gasteiger partial charge on any atom is -0.382 e. The Morgan fingerprint density at radius 3 is 2.56 bits per heavy atom. The molecule has 96 valence electrons. The molecule has 0 radical (unpaired) electrons. The normalized spacial score (nSPS) is 12.8. The van der Waals surface area contributed by atoms with Gasteiger partial charge in [-0.25, -0.2) is 0 Å². The minimum atomic E-state index is -0.0746. The van der Waals surface area contributed by atoms with Crippen LogP contribution in [0.25, 0.3) is 0 Å². The highest BCUT2D eigenvalue weighted by atomic mass is 16.5. The summed E-state index contributed by atoms with van der Waals surface area (Å²) in [7, 11) is 1.62. The second-order valence-electron chi connectivity index (χ2n) is 4.07. The molecule has 1 amide bonds. The van der Waals surface area contributed by atoms with E-state index in [1.54, 1.807) is 7.11 Å². The van der Waals surface area contributed by atoms with Gasteiger partial charge >= 0.3 is 0 Å². The van der Waals surface area contributed by atoms with Gasteiger partial charge < -0.3 is 20.5 Å². The predicted octanol–water partition coefficient (Wildman–Crippen LogP) is 0.139. The largest absolute Gasteiger partial charge is 0.382 e. The molecule has 1 unspecified atom stereocenters. The highest BCUT2D eigenvalue weighted by Gasteiger charge is 2.12. The van der Waals surface area contributed by atoms with E-state index in [4.69, 9.17) is 15.2 Å². The Bertz CT molecular complexity index is 186. The average molecular weight is 232 g/mol. The van der Waals surface area contributed by atoms with Crippen LogP contribution < -0.4 is 11.1 Å². The lowest BCUT2D eigenvalue weighted by atomic mass is 10.0. The van der Waals surface area contributed by atoms with Crippen molar-refractivity contribution in [3.8, 4) is 0 Å². The summed E-state index contributed by atoms with van der Waals surface area (Å²) in [4.78, 5) is 11.4. The van der Waals surface area contributed by atoms with Gasteiger partial charge in [-0.2, -0.15) is 0 Å². The van der Waals surface area contributed by atoms with Crippen LogP contribution in [0.4, 0.5) is 0 Å². The van der Waals surface area contributed by atoms with Crippen molar-refractivity contribution < 1.29 is 14.3 Å². The third kappa shape index (κ3) is 8.64. The average Bonchev–Trinajstić information content (AvgIpc) is 2.23. The molecule has 0 aliphatic carbocycles. The van der Waals surface area contributed by atoms with Crippen molar-refractivity contribution in [2.45, 2.75) is 26.3 Å². The first-order chi connectivity index (χ1) is 7.57. The lowest BCUT2D eigenvalue weighted by molar-refractivity contribution is -0.121. The lowest BCUT2D eigenvalue weighted by Crippen LogP contribution is -2.36. The Morgan fingerprint density at radius 2 is 2.00 bits per heavy atom. The minimum absolute atomic E-state index is 0.0171. The van der Waals surface area contributed by atoms with Gasteiger partial charge in [-0.05, 0) is 5.92 Å². The molecule has 0 aromatic heterocycles. The quantitative estimate of drug-likeness (QED) is 0.555. The van der Waals surface area contributed by atoms with Gasteiger partial charge in [0.2, 0.25) is 5.91 Å². The molecule has 0 rings (SSSR count). The summed E-state index contributed by atoms with van der Waals surface area (Å²) in [5, 5.41) is 2.76. The molecule has 0 aromatic rings. The van der Waals surface area contributed by atoms with Crippen molar-refractivity contribution in [3.05, 3.63) is 0 Å². The molecule has 0 aliphatic rings. The number of amides is 1. The van der Waals surface area contributed by atoms with Crippen LogP contribution >= 0.6 is 0 Å². The molecule has 3 N–H and O–H groups in total. The van der Waals surface area contributed by atoms with Crippen molar-refractivity contribution in [1.82, 2.24) is 5.32 Å². The molecular weight excluding hydrogens is 208 g/mol. The molecular formula is C11H24N2O3. The maximum Gasteiger partial charge on any atom is 0.221 e. The van der Waals surface area contributed by atoms with Crippen LogP contribution in [-0.2, 0) is 14.3 Å². The lowest BCUT2D eigenvalue weighted by Gasteiger charge is -2.14. The van der Waals surface area contributed by atoms with E-state index in [2.05, 4.69) is 5.32 Å². The zero-order valence-corrected chi connectivity index (χ0v) is 10.5. The highest BCUT2D eigenvalue weighted by Crippen LogP contribution is 2.01. The molecule has 0 saturated carbocycles. The Balaban J connectivity index is 3.37. The van der Waals surface area contributed by atoms with E-state index in [-0.39, 0.29) is 11.9 Å². The zero-order chi connectivity index (χ0) is 12.4. The summed E-state index contributed by atoms with van der Waals surface area (Å²) in [5.41, 5.74) is 5.78. The molecule has 1 atom stereocenters. The van der Waals surface area contributed by atoms with E-state index in [1.165, 1.54) is 0 Å². The van der Waals surface area contributed by atoms with Gasteiger partial charge in [0.05, 0.1) is 19.8 Å². The van der Waals surface area contributed by atoms with Gasteiger partial charge in [0.1, 0.15) is 0 Å². The number of hydrogen-bond donors (Lipinski definition) is 2. The van der Waals surface area contributed by atoms with Crippen LogP contribution in [0, 0.1) is 5.92 Å². The van der Waals surface area contributed by atoms with E-state index >= 15 is 0 Å². The van der Waals surface area contributed by atoms with Gasteiger partial charge in [0.15, 0.2) is 0 Å². The summed E-state index contributed by atoms with van der Waals surface area (Å²) >= 11 is 0. The number of rotatable bonds is 9. The van der Waals surface area contributed by atoms with E-state index in [0.29, 0.717) is 38.7 Å². The van der Waals surface area contributed by atoms with Crippen LogP contribution in [0.5, 0.6) is 0 Å². The molecule has 0 fully saturated rings. The fourth-order valence-corrected chi connectivity index (χ4v) is 1.03. The fourth-order valence-electron chi connectivity index (χ4n) is 1.03. The topological polar surface area (TPSA) is 73.6 Å².